The van der Waals surface area contributed by atoms with E-state index in [1.165, 1.54) is 31.3 Å². The van der Waals surface area contributed by atoms with E-state index in [2.05, 4.69) is 32.8 Å². The highest BCUT2D eigenvalue weighted by atomic mass is 15.2. The first-order valence-corrected chi connectivity index (χ1v) is 6.26. The molecule has 0 fully saturated rings. The number of nitrogens with one attached hydrogen (secondary N) is 1. The van der Waals surface area contributed by atoms with Crippen LogP contribution in [-0.4, -0.2) is 6.04 Å². The van der Waals surface area contributed by atoms with Gasteiger partial charge in [0.05, 0.1) is 0 Å². The van der Waals surface area contributed by atoms with E-state index in [0.29, 0.717) is 12.0 Å². The summed E-state index contributed by atoms with van der Waals surface area (Å²) in [7, 11) is 0. The van der Waals surface area contributed by atoms with Crippen LogP contribution in [0.4, 0.5) is 0 Å². The van der Waals surface area contributed by atoms with Gasteiger partial charge in [-0.15, -0.1) is 6.58 Å². The Bertz CT molecular complexity index is 166. The minimum absolute atomic E-state index is 0.457. The zero-order chi connectivity index (χ0) is 11.7. The number of hydrazine groups is 1. The second-order valence-electron chi connectivity index (χ2n) is 4.58. The van der Waals surface area contributed by atoms with Crippen LogP contribution in [0.25, 0.3) is 0 Å². The largest absolute Gasteiger partial charge is 0.271 e. The van der Waals surface area contributed by atoms with Gasteiger partial charge in [-0.2, -0.15) is 0 Å². The molecule has 15 heavy (non-hydrogen) atoms. The van der Waals surface area contributed by atoms with Crippen LogP contribution in [0.2, 0.25) is 0 Å². The van der Waals surface area contributed by atoms with Gasteiger partial charge in [0.1, 0.15) is 0 Å². The van der Waals surface area contributed by atoms with Crippen molar-refractivity contribution in [2.45, 2.75) is 65.3 Å². The van der Waals surface area contributed by atoms with Crippen LogP contribution in [0.3, 0.4) is 0 Å². The molecule has 0 amide bonds. The predicted molar refractivity (Wildman–Crippen MR) is 68.5 cm³/mol. The zero-order valence-electron chi connectivity index (χ0n) is 10.7. The molecule has 2 unspecified atom stereocenters. The lowest BCUT2D eigenvalue weighted by molar-refractivity contribution is 0.306. The molecular formula is C13H28N2. The summed E-state index contributed by atoms with van der Waals surface area (Å²) >= 11 is 0. The maximum atomic E-state index is 5.63. The van der Waals surface area contributed by atoms with Crippen LogP contribution in [0.15, 0.2) is 12.2 Å². The molecule has 0 aromatic heterocycles. The van der Waals surface area contributed by atoms with Gasteiger partial charge in [0.25, 0.3) is 0 Å². The summed E-state index contributed by atoms with van der Waals surface area (Å²) in [5, 5.41) is 0. The van der Waals surface area contributed by atoms with Crippen molar-refractivity contribution >= 4 is 0 Å². The Hall–Kier alpha value is -0.340. The molecule has 90 valence electrons. The van der Waals surface area contributed by atoms with Gasteiger partial charge in [-0.25, -0.2) is 0 Å². The molecule has 0 aromatic carbocycles. The molecule has 0 saturated heterocycles. The zero-order valence-corrected chi connectivity index (χ0v) is 10.7. The maximum absolute atomic E-state index is 5.63. The molecule has 0 aliphatic heterocycles. The van der Waals surface area contributed by atoms with Crippen LogP contribution < -0.4 is 11.3 Å². The molecule has 2 nitrogen and oxygen atoms in total. The Morgan fingerprint density at radius 1 is 1.33 bits per heavy atom. The highest BCUT2D eigenvalue weighted by molar-refractivity contribution is 4.90. The molecule has 3 N–H and O–H groups in total. The standard InChI is InChI=1S/C13H28N2/c1-5-7-8-12(6-2)13(15-14)10-9-11(3)4/h12-13,15H,3,5-10,14H2,1-2,4H3. The van der Waals surface area contributed by atoms with Gasteiger partial charge < -0.3 is 0 Å². The maximum Gasteiger partial charge on any atom is 0.0241 e. The monoisotopic (exact) mass is 212 g/mol. The Labute approximate surface area is 95.3 Å². The number of unbranched alkanes of at least 4 members (excludes halogenated alkanes) is 1. The third-order valence-electron chi connectivity index (χ3n) is 3.12. The first-order chi connectivity index (χ1) is 7.15. The van der Waals surface area contributed by atoms with Crippen LogP contribution in [0.1, 0.15) is 59.3 Å². The van der Waals surface area contributed by atoms with Crippen molar-refractivity contribution in [3.05, 3.63) is 12.2 Å². The van der Waals surface area contributed by atoms with Crippen molar-refractivity contribution in [2.24, 2.45) is 11.8 Å². The fourth-order valence-electron chi connectivity index (χ4n) is 2.01. The fraction of sp³-hybridized carbons (Fsp3) is 0.846. The SMILES string of the molecule is C=C(C)CCC(NN)C(CC)CCCC. The number of hydrogen-bond donors (Lipinski definition) is 2. The molecule has 2 atom stereocenters. The molecular weight excluding hydrogens is 184 g/mol. The van der Waals surface area contributed by atoms with E-state index in [-0.39, 0.29) is 0 Å². The molecule has 0 radical (unpaired) electrons. The van der Waals surface area contributed by atoms with Gasteiger partial charge >= 0.3 is 0 Å². The summed E-state index contributed by atoms with van der Waals surface area (Å²) in [5.74, 6) is 6.34. The number of nitrogens with two attached hydrogens (primary N) is 1. The fourth-order valence-corrected chi connectivity index (χ4v) is 2.01. The van der Waals surface area contributed by atoms with Crippen molar-refractivity contribution in [1.82, 2.24) is 5.43 Å². The van der Waals surface area contributed by atoms with Gasteiger partial charge in [0, 0.05) is 6.04 Å². The lowest BCUT2D eigenvalue weighted by Crippen LogP contribution is -2.40. The van der Waals surface area contributed by atoms with E-state index >= 15 is 0 Å². The molecule has 0 aromatic rings. The lowest BCUT2D eigenvalue weighted by Gasteiger charge is -2.25. The van der Waals surface area contributed by atoms with Gasteiger partial charge in [0.2, 0.25) is 0 Å². The highest BCUT2D eigenvalue weighted by Crippen LogP contribution is 2.20. The summed E-state index contributed by atoms with van der Waals surface area (Å²) in [6.07, 6.45) is 7.28. The minimum atomic E-state index is 0.457. The quantitative estimate of drug-likeness (QED) is 0.349. The topological polar surface area (TPSA) is 38.0 Å². The van der Waals surface area contributed by atoms with Crippen molar-refractivity contribution in [3.8, 4) is 0 Å². The van der Waals surface area contributed by atoms with E-state index in [1.807, 2.05) is 0 Å². The minimum Gasteiger partial charge on any atom is -0.271 e. The average molecular weight is 212 g/mol. The molecule has 0 heterocycles. The summed E-state index contributed by atoms with van der Waals surface area (Å²) in [6, 6.07) is 0.457. The van der Waals surface area contributed by atoms with Crippen molar-refractivity contribution in [2.75, 3.05) is 0 Å². The second kappa shape index (κ2) is 8.93. The van der Waals surface area contributed by atoms with Gasteiger partial charge in [0.15, 0.2) is 0 Å². The summed E-state index contributed by atoms with van der Waals surface area (Å²) in [6.45, 7) is 10.5. The second-order valence-corrected chi connectivity index (χ2v) is 4.58. The van der Waals surface area contributed by atoms with Crippen LogP contribution in [-0.2, 0) is 0 Å². The van der Waals surface area contributed by atoms with Crippen LogP contribution >= 0.6 is 0 Å². The predicted octanol–water partition coefficient (Wildman–Crippen LogP) is 3.39. The first kappa shape index (κ1) is 14.7. The van der Waals surface area contributed by atoms with Crippen LogP contribution in [0.5, 0.6) is 0 Å². The van der Waals surface area contributed by atoms with E-state index in [9.17, 15) is 0 Å². The highest BCUT2D eigenvalue weighted by Gasteiger charge is 2.17. The molecule has 0 aliphatic carbocycles. The van der Waals surface area contributed by atoms with Gasteiger partial charge in [-0.3, -0.25) is 11.3 Å². The van der Waals surface area contributed by atoms with Crippen LogP contribution in [0, 0.1) is 5.92 Å². The average Bonchev–Trinajstić information content (AvgIpc) is 2.22. The normalized spacial score (nSPS) is 14.9. The summed E-state index contributed by atoms with van der Waals surface area (Å²) in [4.78, 5) is 0. The van der Waals surface area contributed by atoms with E-state index < -0.39 is 0 Å². The molecule has 0 rings (SSSR count). The van der Waals surface area contributed by atoms with Gasteiger partial charge in [-0.1, -0.05) is 38.7 Å². The molecule has 0 aliphatic rings. The number of allylic oxidation sites excluding steroid dienone is 1. The lowest BCUT2D eigenvalue weighted by atomic mass is 9.88. The molecule has 2 heteroatoms. The van der Waals surface area contributed by atoms with Crippen molar-refractivity contribution in [3.63, 3.8) is 0 Å². The van der Waals surface area contributed by atoms with Crippen molar-refractivity contribution < 1.29 is 0 Å². The Balaban J connectivity index is 4.01. The molecule has 0 saturated carbocycles. The van der Waals surface area contributed by atoms with Crippen molar-refractivity contribution in [1.29, 1.82) is 0 Å². The van der Waals surface area contributed by atoms with E-state index in [4.69, 9.17) is 5.84 Å². The Morgan fingerprint density at radius 3 is 2.40 bits per heavy atom. The third-order valence-corrected chi connectivity index (χ3v) is 3.12. The Kier molecular flexibility index (Phi) is 8.73. The Morgan fingerprint density at radius 2 is 2.00 bits per heavy atom. The smallest absolute Gasteiger partial charge is 0.0241 e. The third kappa shape index (κ3) is 6.69. The van der Waals surface area contributed by atoms with E-state index in [1.54, 1.807) is 0 Å². The number of rotatable bonds is 9. The summed E-state index contributed by atoms with van der Waals surface area (Å²) < 4.78 is 0. The first-order valence-electron chi connectivity index (χ1n) is 6.26. The number of hydrogen-bond acceptors (Lipinski definition) is 2. The summed E-state index contributed by atoms with van der Waals surface area (Å²) in [5.41, 5.74) is 4.23. The van der Waals surface area contributed by atoms with E-state index in [0.717, 1.165) is 12.8 Å². The molecule has 0 spiro atoms. The molecule has 0 bridgehead atoms. The van der Waals surface area contributed by atoms with Gasteiger partial charge in [-0.05, 0) is 32.1 Å².